The Kier molecular flexibility index (Phi) is 2.05. The van der Waals surface area contributed by atoms with Gasteiger partial charge >= 0.3 is 6.09 Å². The molecule has 1 aromatic rings. The van der Waals surface area contributed by atoms with Gasteiger partial charge < -0.3 is 14.9 Å². The summed E-state index contributed by atoms with van der Waals surface area (Å²) in [5.74, 6) is 0.396. The Labute approximate surface area is 62.2 Å². The summed E-state index contributed by atoms with van der Waals surface area (Å²) in [6.45, 7) is 1.64. The predicted octanol–water partition coefficient (Wildman–Crippen LogP) is 0.398. The normalized spacial score (nSPS) is 12.5. The third-order valence-corrected chi connectivity index (χ3v) is 1.15. The zero-order valence-corrected chi connectivity index (χ0v) is 5.81. The molecular formula is C5H7N3O3. The Hall–Kier alpha value is -1.59. The van der Waals surface area contributed by atoms with Crippen molar-refractivity contribution in [1.82, 2.24) is 15.7 Å². The fourth-order valence-corrected chi connectivity index (χ4v) is 0.622. The smallest absolute Gasteiger partial charge is 0.405 e. The van der Waals surface area contributed by atoms with E-state index in [4.69, 9.17) is 5.11 Å². The highest BCUT2D eigenvalue weighted by molar-refractivity contribution is 5.64. The van der Waals surface area contributed by atoms with Crippen LogP contribution in [0.1, 0.15) is 18.7 Å². The van der Waals surface area contributed by atoms with Crippen LogP contribution in [0.2, 0.25) is 0 Å². The van der Waals surface area contributed by atoms with Crippen LogP contribution < -0.4 is 5.32 Å². The maximum atomic E-state index is 10.1. The maximum Gasteiger partial charge on any atom is 0.405 e. The molecule has 6 nitrogen and oxygen atoms in total. The molecule has 1 rings (SSSR count). The first-order valence-corrected chi connectivity index (χ1v) is 2.97. The molecule has 6 heteroatoms. The minimum absolute atomic E-state index is 0.396. The molecule has 0 aromatic carbocycles. The van der Waals surface area contributed by atoms with E-state index in [2.05, 4.69) is 20.2 Å². The molecule has 1 atom stereocenters. The van der Waals surface area contributed by atoms with Crippen LogP contribution in [0.15, 0.2) is 10.7 Å². The van der Waals surface area contributed by atoms with Crippen molar-refractivity contribution < 1.29 is 14.4 Å². The van der Waals surface area contributed by atoms with Crippen molar-refractivity contribution in [2.45, 2.75) is 13.0 Å². The van der Waals surface area contributed by atoms with E-state index in [9.17, 15) is 4.79 Å². The molecule has 1 amide bonds. The highest BCUT2D eigenvalue weighted by Gasteiger charge is 2.11. The quantitative estimate of drug-likeness (QED) is 0.648. The second-order valence-corrected chi connectivity index (χ2v) is 1.99. The minimum atomic E-state index is -1.10. The summed E-state index contributed by atoms with van der Waals surface area (Å²) in [5, 5.41) is 17.1. The number of hydrogen-bond donors (Lipinski definition) is 2. The second-order valence-electron chi connectivity index (χ2n) is 1.99. The topological polar surface area (TPSA) is 88.2 Å². The summed E-state index contributed by atoms with van der Waals surface area (Å²) in [6.07, 6.45) is 0.259. The Bertz CT molecular complexity index is 233. The van der Waals surface area contributed by atoms with E-state index < -0.39 is 12.1 Å². The van der Waals surface area contributed by atoms with Gasteiger partial charge in [-0.3, -0.25) is 0 Å². The van der Waals surface area contributed by atoms with Crippen LogP contribution in [-0.2, 0) is 0 Å². The number of aromatic nitrogens is 2. The number of hydrogen-bond acceptors (Lipinski definition) is 4. The summed E-state index contributed by atoms with van der Waals surface area (Å²) >= 11 is 0. The lowest BCUT2D eigenvalue weighted by molar-refractivity contribution is 0.188. The average molecular weight is 157 g/mol. The van der Waals surface area contributed by atoms with E-state index in [1.807, 2.05) is 0 Å². The SMILES string of the molecule is CC(NC(=O)O)c1cnno1. The van der Waals surface area contributed by atoms with Crippen LogP contribution in [0.4, 0.5) is 4.79 Å². The summed E-state index contributed by atoms with van der Waals surface area (Å²) in [6, 6.07) is -0.414. The lowest BCUT2D eigenvalue weighted by Crippen LogP contribution is -2.23. The van der Waals surface area contributed by atoms with E-state index in [-0.39, 0.29) is 0 Å². The molecule has 1 aromatic heterocycles. The fraction of sp³-hybridized carbons (Fsp3) is 0.400. The molecule has 0 bridgehead atoms. The number of carboxylic acid groups (broad SMARTS) is 1. The monoisotopic (exact) mass is 157 g/mol. The molecule has 2 N–H and O–H groups in total. The van der Waals surface area contributed by atoms with E-state index in [0.717, 1.165) is 0 Å². The summed E-state index contributed by atoms with van der Waals surface area (Å²) in [7, 11) is 0. The first-order chi connectivity index (χ1) is 5.20. The number of rotatable bonds is 2. The van der Waals surface area contributed by atoms with E-state index in [1.54, 1.807) is 6.92 Å². The summed E-state index contributed by atoms with van der Waals surface area (Å²) in [5.41, 5.74) is 0. The van der Waals surface area contributed by atoms with Crippen molar-refractivity contribution in [1.29, 1.82) is 0 Å². The summed E-state index contributed by atoms with van der Waals surface area (Å²) in [4.78, 5) is 10.1. The molecule has 0 radical (unpaired) electrons. The van der Waals surface area contributed by atoms with Gasteiger partial charge in [0.1, 0.15) is 0 Å². The Morgan fingerprint density at radius 1 is 1.91 bits per heavy atom. The van der Waals surface area contributed by atoms with Crippen molar-refractivity contribution in [2.24, 2.45) is 0 Å². The van der Waals surface area contributed by atoms with Crippen molar-refractivity contribution in [3.8, 4) is 0 Å². The molecule has 0 aliphatic carbocycles. The van der Waals surface area contributed by atoms with Crippen LogP contribution in [0.3, 0.4) is 0 Å². The minimum Gasteiger partial charge on any atom is -0.465 e. The molecule has 60 valence electrons. The average Bonchev–Trinajstić information content (AvgIpc) is 2.35. The van der Waals surface area contributed by atoms with Crippen molar-refractivity contribution >= 4 is 6.09 Å². The van der Waals surface area contributed by atoms with Crippen LogP contribution in [0, 0.1) is 0 Å². The van der Waals surface area contributed by atoms with Crippen LogP contribution in [-0.4, -0.2) is 21.6 Å². The lowest BCUT2D eigenvalue weighted by atomic mass is 10.3. The largest absolute Gasteiger partial charge is 0.465 e. The Morgan fingerprint density at radius 3 is 3.09 bits per heavy atom. The van der Waals surface area contributed by atoms with E-state index in [0.29, 0.717) is 5.76 Å². The fourth-order valence-electron chi connectivity index (χ4n) is 0.622. The van der Waals surface area contributed by atoms with Gasteiger partial charge in [0.05, 0.1) is 12.2 Å². The van der Waals surface area contributed by atoms with Gasteiger partial charge in [0, 0.05) is 5.27 Å². The standard InChI is InChI=1S/C5H7N3O3/c1-3(7-5(9)10)4-2-6-8-11-4/h2-3,7H,1H3,(H,9,10). The lowest BCUT2D eigenvalue weighted by Gasteiger charge is -2.04. The van der Waals surface area contributed by atoms with Crippen molar-refractivity contribution in [2.75, 3.05) is 0 Å². The van der Waals surface area contributed by atoms with Crippen LogP contribution in [0.5, 0.6) is 0 Å². The first-order valence-electron chi connectivity index (χ1n) is 2.97. The van der Waals surface area contributed by atoms with Gasteiger partial charge in [0.15, 0.2) is 5.76 Å². The Balaban J connectivity index is 2.56. The maximum absolute atomic E-state index is 10.1. The van der Waals surface area contributed by atoms with Gasteiger partial charge in [-0.2, -0.15) is 0 Å². The van der Waals surface area contributed by atoms with E-state index >= 15 is 0 Å². The molecule has 0 aliphatic rings. The third-order valence-electron chi connectivity index (χ3n) is 1.15. The van der Waals surface area contributed by atoms with Crippen molar-refractivity contribution in [3.05, 3.63) is 12.0 Å². The zero-order valence-electron chi connectivity index (χ0n) is 5.81. The first kappa shape index (κ1) is 7.52. The number of amides is 1. The second kappa shape index (κ2) is 3.00. The van der Waals surface area contributed by atoms with Gasteiger partial charge in [-0.1, -0.05) is 0 Å². The van der Waals surface area contributed by atoms with Gasteiger partial charge in [-0.15, -0.1) is 5.10 Å². The van der Waals surface area contributed by atoms with E-state index in [1.165, 1.54) is 6.20 Å². The molecular weight excluding hydrogens is 150 g/mol. The van der Waals surface area contributed by atoms with Crippen LogP contribution in [0.25, 0.3) is 0 Å². The molecule has 0 fully saturated rings. The van der Waals surface area contributed by atoms with Crippen LogP contribution >= 0.6 is 0 Å². The molecule has 0 spiro atoms. The number of nitrogens with one attached hydrogen (secondary N) is 1. The molecule has 1 unspecified atom stereocenters. The molecule has 11 heavy (non-hydrogen) atoms. The number of nitrogens with zero attached hydrogens (tertiary/aromatic N) is 2. The zero-order chi connectivity index (χ0) is 8.27. The third kappa shape index (κ3) is 1.92. The Morgan fingerprint density at radius 2 is 2.64 bits per heavy atom. The molecule has 0 saturated heterocycles. The van der Waals surface area contributed by atoms with Gasteiger partial charge in [0.25, 0.3) is 0 Å². The predicted molar refractivity (Wildman–Crippen MR) is 33.9 cm³/mol. The molecule has 0 aliphatic heterocycles. The van der Waals surface area contributed by atoms with Gasteiger partial charge in [0.2, 0.25) is 0 Å². The number of carbonyl (C=O) groups is 1. The molecule has 0 saturated carbocycles. The highest BCUT2D eigenvalue weighted by Crippen LogP contribution is 2.07. The summed E-state index contributed by atoms with van der Waals surface area (Å²) < 4.78 is 4.61. The highest BCUT2D eigenvalue weighted by atomic mass is 16.5. The van der Waals surface area contributed by atoms with Gasteiger partial charge in [-0.05, 0) is 6.92 Å². The molecule has 1 heterocycles. The van der Waals surface area contributed by atoms with Gasteiger partial charge in [-0.25, -0.2) is 4.79 Å². The van der Waals surface area contributed by atoms with Crippen molar-refractivity contribution in [3.63, 3.8) is 0 Å².